The Balaban J connectivity index is 1.62. The van der Waals surface area contributed by atoms with E-state index < -0.39 is 0 Å². The summed E-state index contributed by atoms with van der Waals surface area (Å²) in [6, 6.07) is 18.6. The van der Waals surface area contributed by atoms with Crippen molar-refractivity contribution in [2.24, 2.45) is 0 Å². The lowest BCUT2D eigenvalue weighted by Crippen LogP contribution is -2.09. The van der Waals surface area contributed by atoms with Crippen LogP contribution in [0.2, 0.25) is 0 Å². The predicted octanol–water partition coefficient (Wildman–Crippen LogP) is 5.91. The normalized spacial score (nSPS) is 11.9. The van der Waals surface area contributed by atoms with Crippen LogP contribution in [0.3, 0.4) is 0 Å². The molecule has 0 radical (unpaired) electrons. The molecule has 0 amide bonds. The van der Waals surface area contributed by atoms with Gasteiger partial charge in [0.25, 0.3) is 0 Å². The second kappa shape index (κ2) is 9.32. The van der Waals surface area contributed by atoms with Crippen molar-refractivity contribution in [3.63, 3.8) is 0 Å². The lowest BCUT2D eigenvalue weighted by molar-refractivity contribution is 0.102. The van der Waals surface area contributed by atoms with Gasteiger partial charge in [-0.25, -0.2) is 9.97 Å². The molecule has 0 fully saturated rings. The molecule has 0 atom stereocenters. The van der Waals surface area contributed by atoms with Gasteiger partial charge in [-0.05, 0) is 47.9 Å². The van der Waals surface area contributed by atoms with Gasteiger partial charge >= 0.3 is 0 Å². The summed E-state index contributed by atoms with van der Waals surface area (Å²) in [5.74, 6) is 4.24. The SMILES string of the molecule is C#CCOc1ccc2nc(C(=O)c3ccc4c(c3)OC=CO4)nc(-c3ccc(C(C)C)cc3)c2c1. The number of rotatable bonds is 6. The van der Waals surface area contributed by atoms with Crippen LogP contribution < -0.4 is 14.2 Å². The Kier molecular flexibility index (Phi) is 5.90. The van der Waals surface area contributed by atoms with Crippen molar-refractivity contribution in [1.82, 2.24) is 9.97 Å². The van der Waals surface area contributed by atoms with Crippen LogP contribution in [0.1, 0.15) is 41.5 Å². The molecule has 0 saturated heterocycles. The molecule has 35 heavy (non-hydrogen) atoms. The van der Waals surface area contributed by atoms with Gasteiger partial charge in [0.15, 0.2) is 11.5 Å². The average Bonchev–Trinajstić information content (AvgIpc) is 2.90. The Bertz CT molecular complexity index is 1500. The van der Waals surface area contributed by atoms with Gasteiger partial charge in [-0.2, -0.15) is 0 Å². The molecule has 0 bridgehead atoms. The summed E-state index contributed by atoms with van der Waals surface area (Å²) in [6.07, 6.45) is 8.20. The fraction of sp³-hybridized carbons (Fsp3) is 0.138. The highest BCUT2D eigenvalue weighted by Gasteiger charge is 2.20. The van der Waals surface area contributed by atoms with E-state index >= 15 is 0 Å². The summed E-state index contributed by atoms with van der Waals surface area (Å²) in [5.41, 5.74) is 3.75. The van der Waals surface area contributed by atoms with Gasteiger partial charge in [0, 0.05) is 16.5 Å². The number of hydrogen-bond donors (Lipinski definition) is 0. The standard InChI is InChI=1S/C29H22N2O4/c1-4-13-33-22-10-11-24-23(17-22)27(20-7-5-19(6-8-20)18(2)3)31-29(30-24)28(32)21-9-12-25-26(16-21)35-15-14-34-25/h1,5-12,14-18H,13H2,2-3H3. The van der Waals surface area contributed by atoms with Gasteiger partial charge in [0.1, 0.15) is 24.9 Å². The Morgan fingerprint density at radius 3 is 2.49 bits per heavy atom. The number of hydrogen-bond acceptors (Lipinski definition) is 6. The first-order valence-corrected chi connectivity index (χ1v) is 11.2. The van der Waals surface area contributed by atoms with Crippen molar-refractivity contribution >= 4 is 16.7 Å². The molecule has 5 rings (SSSR count). The minimum absolute atomic E-state index is 0.0879. The highest BCUT2D eigenvalue weighted by atomic mass is 16.5. The fourth-order valence-corrected chi connectivity index (χ4v) is 3.84. The largest absolute Gasteiger partial charge is 0.481 e. The number of nitrogens with zero attached hydrogens (tertiary/aromatic N) is 2. The summed E-state index contributed by atoms with van der Waals surface area (Å²) in [4.78, 5) is 22.7. The summed E-state index contributed by atoms with van der Waals surface area (Å²) in [5, 5.41) is 0.765. The smallest absolute Gasteiger partial charge is 0.230 e. The van der Waals surface area contributed by atoms with E-state index in [1.807, 2.05) is 18.2 Å². The molecule has 0 saturated carbocycles. The van der Waals surface area contributed by atoms with Crippen molar-refractivity contribution in [1.29, 1.82) is 0 Å². The zero-order valence-corrected chi connectivity index (χ0v) is 19.3. The van der Waals surface area contributed by atoms with Gasteiger partial charge in [-0.15, -0.1) is 6.42 Å². The molecular weight excluding hydrogens is 440 g/mol. The number of carbonyl (C=O) groups excluding carboxylic acids is 1. The lowest BCUT2D eigenvalue weighted by atomic mass is 9.99. The Labute approximate surface area is 203 Å². The number of terminal acetylenes is 1. The van der Waals surface area contributed by atoms with Gasteiger partial charge in [-0.1, -0.05) is 44.0 Å². The topological polar surface area (TPSA) is 70.5 Å². The number of ether oxygens (including phenoxy) is 3. The zero-order valence-electron chi connectivity index (χ0n) is 19.3. The molecule has 4 aromatic rings. The van der Waals surface area contributed by atoms with Crippen LogP contribution in [0.15, 0.2) is 73.2 Å². The summed E-state index contributed by atoms with van der Waals surface area (Å²) < 4.78 is 16.5. The molecule has 0 N–H and O–H groups in total. The molecule has 2 heterocycles. The van der Waals surface area contributed by atoms with E-state index in [9.17, 15) is 4.79 Å². The molecule has 6 nitrogen and oxygen atoms in total. The van der Waals surface area contributed by atoms with Crippen LogP contribution in [-0.2, 0) is 0 Å². The molecule has 0 unspecified atom stereocenters. The molecular formula is C29H22N2O4. The molecule has 1 aliphatic rings. The van der Waals surface area contributed by atoms with E-state index in [0.29, 0.717) is 39.9 Å². The minimum atomic E-state index is -0.319. The first kappa shape index (κ1) is 22.2. The highest BCUT2D eigenvalue weighted by molar-refractivity contribution is 6.08. The predicted molar refractivity (Wildman–Crippen MR) is 134 cm³/mol. The van der Waals surface area contributed by atoms with Crippen LogP contribution in [0, 0.1) is 12.3 Å². The Morgan fingerprint density at radius 2 is 1.74 bits per heavy atom. The van der Waals surface area contributed by atoms with Crippen LogP contribution in [0.4, 0.5) is 0 Å². The van der Waals surface area contributed by atoms with Gasteiger partial charge < -0.3 is 14.2 Å². The third-order valence-corrected chi connectivity index (χ3v) is 5.69. The van der Waals surface area contributed by atoms with E-state index in [1.165, 1.54) is 18.1 Å². The third kappa shape index (κ3) is 4.44. The number of carbonyl (C=O) groups is 1. The molecule has 3 aromatic carbocycles. The first-order chi connectivity index (χ1) is 17.0. The highest BCUT2D eigenvalue weighted by Crippen LogP contribution is 2.33. The van der Waals surface area contributed by atoms with E-state index in [1.54, 1.807) is 30.3 Å². The van der Waals surface area contributed by atoms with Crippen LogP contribution in [0.5, 0.6) is 17.2 Å². The second-order valence-electron chi connectivity index (χ2n) is 8.34. The van der Waals surface area contributed by atoms with E-state index in [4.69, 9.17) is 25.6 Å². The fourth-order valence-electron chi connectivity index (χ4n) is 3.84. The van der Waals surface area contributed by atoms with Gasteiger partial charge in [0.05, 0.1) is 11.2 Å². The molecule has 1 aliphatic heterocycles. The minimum Gasteiger partial charge on any atom is -0.481 e. The Hall–Kier alpha value is -4.63. The van der Waals surface area contributed by atoms with Crippen molar-refractivity contribution in [2.75, 3.05) is 6.61 Å². The summed E-state index contributed by atoms with van der Waals surface area (Å²) >= 11 is 0. The van der Waals surface area contributed by atoms with E-state index in [-0.39, 0.29) is 18.2 Å². The van der Waals surface area contributed by atoms with Gasteiger partial charge in [-0.3, -0.25) is 4.79 Å². The maximum Gasteiger partial charge on any atom is 0.230 e. The number of aromatic nitrogens is 2. The van der Waals surface area contributed by atoms with Crippen LogP contribution in [-0.4, -0.2) is 22.4 Å². The number of ketones is 1. The van der Waals surface area contributed by atoms with Crippen molar-refractivity contribution in [3.05, 3.63) is 90.1 Å². The molecule has 0 aliphatic carbocycles. The number of benzene rings is 3. The lowest BCUT2D eigenvalue weighted by Gasteiger charge is -2.14. The van der Waals surface area contributed by atoms with Crippen molar-refractivity contribution < 1.29 is 19.0 Å². The average molecular weight is 463 g/mol. The molecule has 172 valence electrons. The van der Waals surface area contributed by atoms with Crippen LogP contribution in [0.25, 0.3) is 22.2 Å². The van der Waals surface area contributed by atoms with E-state index in [0.717, 1.165) is 10.9 Å². The molecule has 1 aromatic heterocycles. The van der Waals surface area contributed by atoms with Crippen molar-refractivity contribution in [2.45, 2.75) is 19.8 Å². The maximum absolute atomic E-state index is 13.4. The quantitative estimate of drug-likeness (QED) is 0.262. The van der Waals surface area contributed by atoms with E-state index in [2.05, 4.69) is 36.9 Å². The second-order valence-corrected chi connectivity index (χ2v) is 8.34. The first-order valence-electron chi connectivity index (χ1n) is 11.2. The number of fused-ring (bicyclic) bond motifs is 2. The van der Waals surface area contributed by atoms with Gasteiger partial charge in [0.2, 0.25) is 11.6 Å². The summed E-state index contributed by atoms with van der Waals surface area (Å²) in [7, 11) is 0. The van der Waals surface area contributed by atoms with Crippen LogP contribution >= 0.6 is 0 Å². The third-order valence-electron chi connectivity index (χ3n) is 5.69. The zero-order chi connectivity index (χ0) is 24.4. The molecule has 6 heteroatoms. The molecule has 0 spiro atoms. The summed E-state index contributed by atoms with van der Waals surface area (Å²) in [6.45, 7) is 4.44. The van der Waals surface area contributed by atoms with Crippen molar-refractivity contribution in [3.8, 4) is 40.8 Å². The Morgan fingerprint density at radius 1 is 0.971 bits per heavy atom. The maximum atomic E-state index is 13.4. The monoisotopic (exact) mass is 462 g/mol.